The third-order valence-electron chi connectivity index (χ3n) is 5.19. The molecule has 4 rings (SSSR count). The summed E-state index contributed by atoms with van der Waals surface area (Å²) in [5, 5.41) is 1.97. The third-order valence-corrected chi connectivity index (χ3v) is 7.68. The smallest absolute Gasteiger partial charge is 0.341 e. The van der Waals surface area contributed by atoms with Crippen LogP contribution in [0.15, 0.2) is 71.6 Å². The van der Waals surface area contributed by atoms with Crippen LogP contribution in [0.2, 0.25) is 0 Å². The first-order chi connectivity index (χ1) is 15.8. The van der Waals surface area contributed by atoms with Gasteiger partial charge in [0.25, 0.3) is 10.0 Å². The molecule has 6 nitrogen and oxygen atoms in total. The van der Waals surface area contributed by atoms with Crippen molar-refractivity contribution in [1.82, 2.24) is 0 Å². The van der Waals surface area contributed by atoms with Crippen LogP contribution in [0, 0.1) is 6.92 Å². The Balaban J connectivity index is 1.77. The summed E-state index contributed by atoms with van der Waals surface area (Å²) in [5.41, 5.74) is 1.59. The van der Waals surface area contributed by atoms with Crippen molar-refractivity contribution in [2.45, 2.75) is 18.7 Å². The summed E-state index contributed by atoms with van der Waals surface area (Å²) in [7, 11) is -2.66. The minimum absolute atomic E-state index is 0.116. The molecule has 0 spiro atoms. The topological polar surface area (TPSA) is 81.7 Å². The van der Waals surface area contributed by atoms with Crippen LogP contribution in [0.5, 0.6) is 5.75 Å². The van der Waals surface area contributed by atoms with Gasteiger partial charge in [0.2, 0.25) is 0 Å². The lowest BCUT2D eigenvalue weighted by molar-refractivity contribution is 0.0603. The molecular weight excluding hydrogens is 458 g/mol. The van der Waals surface area contributed by atoms with Crippen molar-refractivity contribution in [3.63, 3.8) is 0 Å². The summed E-state index contributed by atoms with van der Waals surface area (Å²) in [4.78, 5) is 13.6. The molecule has 1 N–H and O–H groups in total. The lowest BCUT2D eigenvalue weighted by atomic mass is 10.0. The average Bonchev–Trinajstić information content (AvgIpc) is 3.13. The molecule has 0 unspecified atom stereocenters. The molecule has 0 amide bonds. The highest BCUT2D eigenvalue weighted by atomic mass is 32.2. The van der Waals surface area contributed by atoms with Gasteiger partial charge < -0.3 is 9.47 Å². The second-order valence-electron chi connectivity index (χ2n) is 7.30. The van der Waals surface area contributed by atoms with Crippen LogP contribution < -0.4 is 9.46 Å². The monoisotopic (exact) mass is 481 g/mol. The van der Waals surface area contributed by atoms with Crippen molar-refractivity contribution in [2.75, 3.05) is 18.4 Å². The molecule has 0 saturated heterocycles. The number of benzene rings is 3. The standard InChI is InChI=1S/C25H23NO5S2/c1-4-31-20-12-9-18(10-13-20)22-16(2)32-24(23(22)25(27)30-3)26-33(28,29)21-14-11-17-7-5-6-8-19(17)15-21/h5-15,26H,4H2,1-3H3. The van der Waals surface area contributed by atoms with Gasteiger partial charge in [0, 0.05) is 10.4 Å². The maximum atomic E-state index is 13.2. The van der Waals surface area contributed by atoms with Crippen molar-refractivity contribution in [3.8, 4) is 16.9 Å². The molecule has 0 radical (unpaired) electrons. The van der Waals surface area contributed by atoms with Crippen LogP contribution in [0.1, 0.15) is 22.2 Å². The predicted molar refractivity (Wildman–Crippen MR) is 132 cm³/mol. The number of hydrogen-bond acceptors (Lipinski definition) is 6. The van der Waals surface area contributed by atoms with Crippen LogP contribution in [-0.4, -0.2) is 28.1 Å². The van der Waals surface area contributed by atoms with Crippen LogP contribution in [-0.2, 0) is 14.8 Å². The Bertz CT molecular complexity index is 1420. The Kier molecular flexibility index (Phi) is 6.40. The van der Waals surface area contributed by atoms with Crippen LogP contribution >= 0.6 is 11.3 Å². The van der Waals surface area contributed by atoms with Gasteiger partial charge in [-0.1, -0.05) is 42.5 Å². The van der Waals surface area contributed by atoms with Crippen molar-refractivity contribution >= 4 is 43.1 Å². The number of fused-ring (bicyclic) bond motifs is 1. The zero-order chi connectivity index (χ0) is 23.6. The predicted octanol–water partition coefficient (Wildman–Crippen LogP) is 5.86. The molecule has 0 aliphatic heterocycles. The first-order valence-corrected chi connectivity index (χ1v) is 12.6. The van der Waals surface area contributed by atoms with E-state index in [-0.39, 0.29) is 15.5 Å². The number of thiophene rings is 1. The fraction of sp³-hybridized carbons (Fsp3) is 0.160. The number of aryl methyl sites for hydroxylation is 1. The molecule has 4 aromatic rings. The summed E-state index contributed by atoms with van der Waals surface area (Å²) < 4.78 is 39.5. The quantitative estimate of drug-likeness (QED) is 0.334. The average molecular weight is 482 g/mol. The largest absolute Gasteiger partial charge is 0.494 e. The van der Waals surface area contributed by atoms with E-state index in [1.807, 2.05) is 62.4 Å². The van der Waals surface area contributed by atoms with Gasteiger partial charge in [0.15, 0.2) is 0 Å². The lowest BCUT2D eigenvalue weighted by Gasteiger charge is -2.11. The second kappa shape index (κ2) is 9.25. The lowest BCUT2D eigenvalue weighted by Crippen LogP contribution is -2.15. The van der Waals surface area contributed by atoms with E-state index >= 15 is 0 Å². The Labute approximate surface area is 196 Å². The first-order valence-electron chi connectivity index (χ1n) is 10.3. The molecule has 8 heteroatoms. The number of methoxy groups -OCH3 is 1. The molecule has 1 heterocycles. The SMILES string of the molecule is CCOc1ccc(-c2c(C)sc(NS(=O)(=O)c3ccc4ccccc4c3)c2C(=O)OC)cc1. The molecule has 33 heavy (non-hydrogen) atoms. The van der Waals surface area contributed by atoms with Crippen molar-refractivity contribution in [3.05, 3.63) is 77.2 Å². The first kappa shape index (κ1) is 22.8. The molecule has 1 aromatic heterocycles. The maximum Gasteiger partial charge on any atom is 0.341 e. The highest BCUT2D eigenvalue weighted by molar-refractivity contribution is 7.93. The number of ether oxygens (including phenoxy) is 2. The normalized spacial score (nSPS) is 11.4. The number of anilines is 1. The minimum Gasteiger partial charge on any atom is -0.494 e. The summed E-state index contributed by atoms with van der Waals surface area (Å²) in [5.74, 6) is 0.102. The van der Waals surface area contributed by atoms with Gasteiger partial charge in [-0.05, 0) is 54.4 Å². The Morgan fingerprint density at radius 3 is 2.36 bits per heavy atom. The summed E-state index contributed by atoms with van der Waals surface area (Å²) in [6, 6.07) is 19.8. The van der Waals surface area contributed by atoms with Gasteiger partial charge in [0.05, 0.1) is 18.6 Å². The minimum atomic E-state index is -3.94. The Morgan fingerprint density at radius 1 is 1.00 bits per heavy atom. The fourth-order valence-corrected chi connectivity index (χ4v) is 6.07. The zero-order valence-corrected chi connectivity index (χ0v) is 20.0. The summed E-state index contributed by atoms with van der Waals surface area (Å²) in [6.45, 7) is 4.29. The van der Waals surface area contributed by atoms with Crippen LogP contribution in [0.25, 0.3) is 21.9 Å². The molecule has 0 aliphatic rings. The third kappa shape index (κ3) is 4.58. The Hall–Kier alpha value is -3.36. The molecule has 0 aliphatic carbocycles. The number of esters is 1. The second-order valence-corrected chi connectivity index (χ2v) is 10.2. The van der Waals surface area contributed by atoms with E-state index in [0.29, 0.717) is 17.9 Å². The van der Waals surface area contributed by atoms with Gasteiger partial charge in [-0.2, -0.15) is 0 Å². The summed E-state index contributed by atoms with van der Waals surface area (Å²) >= 11 is 1.20. The number of carbonyl (C=O) groups is 1. The van der Waals surface area contributed by atoms with Crippen LogP contribution in [0.4, 0.5) is 5.00 Å². The molecule has 3 aromatic carbocycles. The summed E-state index contributed by atoms with van der Waals surface area (Å²) in [6.07, 6.45) is 0. The molecule has 0 fully saturated rings. The number of rotatable bonds is 7. The van der Waals surface area contributed by atoms with Gasteiger partial charge >= 0.3 is 5.97 Å². The van der Waals surface area contributed by atoms with E-state index < -0.39 is 16.0 Å². The number of carbonyl (C=O) groups excluding carboxylic acids is 1. The van der Waals surface area contributed by atoms with Crippen molar-refractivity contribution in [1.29, 1.82) is 0 Å². The molecule has 170 valence electrons. The Morgan fingerprint density at radius 2 is 1.70 bits per heavy atom. The van der Waals surface area contributed by atoms with Gasteiger partial charge in [-0.3, -0.25) is 4.72 Å². The maximum absolute atomic E-state index is 13.2. The molecule has 0 atom stereocenters. The van der Waals surface area contributed by atoms with Crippen molar-refractivity contribution < 1.29 is 22.7 Å². The number of sulfonamides is 1. The van der Waals surface area contributed by atoms with Crippen molar-refractivity contribution in [2.24, 2.45) is 0 Å². The van der Waals surface area contributed by atoms with E-state index in [1.165, 1.54) is 18.4 Å². The van der Waals surface area contributed by atoms with E-state index in [9.17, 15) is 13.2 Å². The van der Waals surface area contributed by atoms with E-state index in [1.54, 1.807) is 18.2 Å². The van der Waals surface area contributed by atoms with E-state index in [0.717, 1.165) is 21.2 Å². The van der Waals surface area contributed by atoms with E-state index in [2.05, 4.69) is 4.72 Å². The van der Waals surface area contributed by atoms with Gasteiger partial charge in [-0.15, -0.1) is 11.3 Å². The van der Waals surface area contributed by atoms with Crippen LogP contribution in [0.3, 0.4) is 0 Å². The highest BCUT2D eigenvalue weighted by Gasteiger charge is 2.27. The molecular formula is C25H23NO5S2. The molecule has 0 saturated carbocycles. The van der Waals surface area contributed by atoms with E-state index in [4.69, 9.17) is 9.47 Å². The van der Waals surface area contributed by atoms with Gasteiger partial charge in [-0.25, -0.2) is 13.2 Å². The zero-order valence-electron chi connectivity index (χ0n) is 18.4. The number of nitrogens with one attached hydrogen (secondary N) is 1. The highest BCUT2D eigenvalue weighted by Crippen LogP contribution is 2.41. The molecule has 0 bridgehead atoms. The fourth-order valence-electron chi connectivity index (χ4n) is 3.66. The number of hydrogen-bond donors (Lipinski definition) is 1. The van der Waals surface area contributed by atoms with Gasteiger partial charge in [0.1, 0.15) is 16.3 Å².